The molecule has 2 aliphatic heterocycles. The Hall–Kier alpha value is -0.940. The van der Waals surface area contributed by atoms with E-state index in [0.29, 0.717) is 25.3 Å². The van der Waals surface area contributed by atoms with E-state index in [4.69, 9.17) is 5.73 Å². The van der Waals surface area contributed by atoms with Gasteiger partial charge in [-0.3, -0.25) is 14.5 Å². The van der Waals surface area contributed by atoms with Gasteiger partial charge >= 0.3 is 0 Å². The summed E-state index contributed by atoms with van der Waals surface area (Å²) in [6.07, 6.45) is 4.34. The van der Waals surface area contributed by atoms with Gasteiger partial charge in [0.2, 0.25) is 11.8 Å². The molecule has 0 aromatic heterocycles. The maximum absolute atomic E-state index is 11.5. The van der Waals surface area contributed by atoms with Crippen LogP contribution in [0.15, 0.2) is 0 Å². The lowest BCUT2D eigenvalue weighted by atomic mass is 9.95. The topological polar surface area (TPSA) is 66.6 Å². The van der Waals surface area contributed by atoms with E-state index in [-0.39, 0.29) is 11.8 Å². The molecule has 2 rings (SSSR count). The maximum atomic E-state index is 11.5. The third-order valence-electron chi connectivity index (χ3n) is 3.97. The molecule has 2 heterocycles. The zero-order valence-corrected chi connectivity index (χ0v) is 10.9. The van der Waals surface area contributed by atoms with Gasteiger partial charge in [-0.05, 0) is 38.3 Å². The second-order valence-electron chi connectivity index (χ2n) is 5.33. The molecule has 0 radical (unpaired) electrons. The molecule has 2 amide bonds. The fourth-order valence-corrected chi connectivity index (χ4v) is 2.94. The van der Waals surface area contributed by atoms with Crippen molar-refractivity contribution in [3.8, 4) is 0 Å². The van der Waals surface area contributed by atoms with Crippen LogP contribution in [-0.2, 0) is 9.59 Å². The van der Waals surface area contributed by atoms with Gasteiger partial charge in [-0.25, -0.2) is 0 Å². The van der Waals surface area contributed by atoms with Gasteiger partial charge in [0.25, 0.3) is 0 Å². The Bertz CT molecular complexity index is 301. The Morgan fingerprint density at radius 1 is 1.17 bits per heavy atom. The summed E-state index contributed by atoms with van der Waals surface area (Å²) >= 11 is 0. The first-order chi connectivity index (χ1) is 8.70. The molecule has 0 bridgehead atoms. The zero-order chi connectivity index (χ0) is 13.0. The van der Waals surface area contributed by atoms with Crippen LogP contribution in [-0.4, -0.2) is 54.3 Å². The highest BCUT2D eigenvalue weighted by molar-refractivity contribution is 6.01. The molecule has 2 fully saturated rings. The van der Waals surface area contributed by atoms with Crippen molar-refractivity contribution < 1.29 is 9.59 Å². The zero-order valence-electron chi connectivity index (χ0n) is 10.9. The van der Waals surface area contributed by atoms with Gasteiger partial charge < -0.3 is 10.6 Å². The standard InChI is InChI=1S/C13H23N3O2/c14-6-5-11-2-1-7-15(10-11)8-9-16-12(17)3-4-13(16)18/h11H,1-10,14H2. The van der Waals surface area contributed by atoms with Crippen LogP contribution in [0.25, 0.3) is 0 Å². The predicted octanol–water partition coefficient (Wildman–Crippen LogP) is 0.196. The summed E-state index contributed by atoms with van der Waals surface area (Å²) in [5.41, 5.74) is 5.60. The van der Waals surface area contributed by atoms with E-state index in [0.717, 1.165) is 32.6 Å². The minimum Gasteiger partial charge on any atom is -0.330 e. The fraction of sp³-hybridized carbons (Fsp3) is 0.846. The number of hydrogen-bond donors (Lipinski definition) is 1. The number of carbonyl (C=O) groups is 2. The molecule has 0 aliphatic carbocycles. The van der Waals surface area contributed by atoms with Gasteiger partial charge in [0.05, 0.1) is 0 Å². The monoisotopic (exact) mass is 253 g/mol. The Morgan fingerprint density at radius 2 is 1.89 bits per heavy atom. The van der Waals surface area contributed by atoms with Crippen LogP contribution in [0.4, 0.5) is 0 Å². The van der Waals surface area contributed by atoms with Crippen molar-refractivity contribution in [1.29, 1.82) is 0 Å². The average molecular weight is 253 g/mol. The van der Waals surface area contributed by atoms with E-state index in [1.807, 2.05) is 0 Å². The number of piperidine rings is 1. The lowest BCUT2D eigenvalue weighted by molar-refractivity contribution is -0.138. The highest BCUT2D eigenvalue weighted by Crippen LogP contribution is 2.19. The molecule has 18 heavy (non-hydrogen) atoms. The van der Waals surface area contributed by atoms with Crippen molar-refractivity contribution in [2.45, 2.75) is 32.1 Å². The number of nitrogens with two attached hydrogens (primary N) is 1. The minimum absolute atomic E-state index is 0.00415. The Balaban J connectivity index is 1.76. The van der Waals surface area contributed by atoms with Crippen LogP contribution < -0.4 is 5.73 Å². The summed E-state index contributed by atoms with van der Waals surface area (Å²) in [4.78, 5) is 26.8. The number of imide groups is 1. The molecule has 0 saturated carbocycles. The first-order valence-corrected chi connectivity index (χ1v) is 6.96. The van der Waals surface area contributed by atoms with Gasteiger partial charge in [0.15, 0.2) is 0 Å². The summed E-state index contributed by atoms with van der Waals surface area (Å²) in [5.74, 6) is 0.680. The number of nitrogens with zero attached hydrogens (tertiary/aromatic N) is 2. The van der Waals surface area contributed by atoms with Crippen LogP contribution in [0.2, 0.25) is 0 Å². The maximum Gasteiger partial charge on any atom is 0.229 e. The third-order valence-corrected chi connectivity index (χ3v) is 3.97. The van der Waals surface area contributed by atoms with Gasteiger partial charge in [-0.1, -0.05) is 0 Å². The molecule has 2 aliphatic rings. The molecule has 5 nitrogen and oxygen atoms in total. The molecular weight excluding hydrogens is 230 g/mol. The summed E-state index contributed by atoms with van der Waals surface area (Å²) in [6.45, 7) is 4.28. The molecule has 0 spiro atoms. The van der Waals surface area contributed by atoms with E-state index in [9.17, 15) is 9.59 Å². The predicted molar refractivity (Wildman–Crippen MR) is 68.8 cm³/mol. The minimum atomic E-state index is -0.00415. The van der Waals surface area contributed by atoms with Crippen molar-refractivity contribution in [2.75, 3.05) is 32.7 Å². The van der Waals surface area contributed by atoms with Crippen LogP contribution in [0.1, 0.15) is 32.1 Å². The normalized spacial score (nSPS) is 26.1. The number of hydrogen-bond acceptors (Lipinski definition) is 4. The lowest BCUT2D eigenvalue weighted by Crippen LogP contribution is -2.42. The number of likely N-dealkylation sites (tertiary alicyclic amines) is 2. The Labute approximate surface area is 108 Å². The van der Waals surface area contributed by atoms with Gasteiger partial charge in [-0.15, -0.1) is 0 Å². The average Bonchev–Trinajstić information content (AvgIpc) is 2.68. The second kappa shape index (κ2) is 6.29. The van der Waals surface area contributed by atoms with Crippen molar-refractivity contribution in [3.05, 3.63) is 0 Å². The molecule has 1 atom stereocenters. The highest BCUT2D eigenvalue weighted by atomic mass is 16.2. The van der Waals surface area contributed by atoms with E-state index >= 15 is 0 Å². The Morgan fingerprint density at radius 3 is 2.56 bits per heavy atom. The fourth-order valence-electron chi connectivity index (χ4n) is 2.94. The molecule has 2 saturated heterocycles. The Kier molecular flexibility index (Phi) is 4.72. The first kappa shape index (κ1) is 13.5. The molecule has 2 N–H and O–H groups in total. The van der Waals surface area contributed by atoms with Crippen molar-refractivity contribution in [3.63, 3.8) is 0 Å². The van der Waals surface area contributed by atoms with Crippen LogP contribution in [0, 0.1) is 5.92 Å². The van der Waals surface area contributed by atoms with E-state index in [1.165, 1.54) is 17.7 Å². The van der Waals surface area contributed by atoms with Gasteiger partial charge in [0, 0.05) is 32.5 Å². The van der Waals surface area contributed by atoms with E-state index in [1.54, 1.807) is 0 Å². The van der Waals surface area contributed by atoms with Crippen LogP contribution in [0.5, 0.6) is 0 Å². The van der Waals surface area contributed by atoms with E-state index in [2.05, 4.69) is 4.90 Å². The van der Waals surface area contributed by atoms with Crippen LogP contribution >= 0.6 is 0 Å². The van der Waals surface area contributed by atoms with Gasteiger partial charge in [-0.2, -0.15) is 0 Å². The number of rotatable bonds is 5. The lowest BCUT2D eigenvalue weighted by Gasteiger charge is -2.33. The van der Waals surface area contributed by atoms with Crippen molar-refractivity contribution in [1.82, 2.24) is 9.80 Å². The van der Waals surface area contributed by atoms with Crippen molar-refractivity contribution >= 4 is 11.8 Å². The van der Waals surface area contributed by atoms with Gasteiger partial charge in [0.1, 0.15) is 0 Å². The quantitative estimate of drug-likeness (QED) is 0.711. The smallest absolute Gasteiger partial charge is 0.229 e. The molecule has 0 aromatic rings. The van der Waals surface area contributed by atoms with E-state index < -0.39 is 0 Å². The highest BCUT2D eigenvalue weighted by Gasteiger charge is 2.29. The summed E-state index contributed by atoms with van der Waals surface area (Å²) in [7, 11) is 0. The summed E-state index contributed by atoms with van der Waals surface area (Å²) in [6, 6.07) is 0. The first-order valence-electron chi connectivity index (χ1n) is 6.96. The third kappa shape index (κ3) is 3.29. The number of carbonyl (C=O) groups excluding carboxylic acids is 2. The molecule has 0 aromatic carbocycles. The molecule has 102 valence electrons. The van der Waals surface area contributed by atoms with Crippen LogP contribution in [0.3, 0.4) is 0 Å². The summed E-state index contributed by atoms with van der Waals surface area (Å²) in [5, 5.41) is 0. The molecular formula is C13H23N3O2. The largest absolute Gasteiger partial charge is 0.330 e. The second-order valence-corrected chi connectivity index (χ2v) is 5.33. The molecule has 1 unspecified atom stereocenters. The summed E-state index contributed by atoms with van der Waals surface area (Å²) < 4.78 is 0. The molecule has 5 heteroatoms. The number of amides is 2. The van der Waals surface area contributed by atoms with Crippen molar-refractivity contribution in [2.24, 2.45) is 11.7 Å². The SMILES string of the molecule is NCCC1CCCN(CCN2C(=O)CCC2=O)C1.